The Hall–Kier alpha value is -2.54. The van der Waals surface area contributed by atoms with Crippen LogP contribution in [0.25, 0.3) is 0 Å². The van der Waals surface area contributed by atoms with E-state index in [-0.39, 0.29) is 24.4 Å². The third-order valence-electron chi connectivity index (χ3n) is 4.82. The Bertz CT molecular complexity index is 804. The number of hydrogen-bond acceptors (Lipinski definition) is 4. The fourth-order valence-electron chi connectivity index (χ4n) is 3.12. The van der Waals surface area contributed by atoms with Gasteiger partial charge in [-0.15, -0.1) is 11.3 Å². The summed E-state index contributed by atoms with van der Waals surface area (Å²) in [4.78, 5) is 19.3. The van der Waals surface area contributed by atoms with Gasteiger partial charge in [0.05, 0.1) is 6.61 Å². The summed E-state index contributed by atoms with van der Waals surface area (Å²) in [5, 5.41) is 8.91. The second-order valence-electron chi connectivity index (χ2n) is 7.10. The number of carbonyl (C=O) groups is 1. The molecule has 150 valence electrons. The van der Waals surface area contributed by atoms with Crippen LogP contribution >= 0.6 is 11.3 Å². The van der Waals surface area contributed by atoms with Crippen LogP contribution < -0.4 is 15.4 Å². The third kappa shape index (κ3) is 5.25. The predicted octanol–water partition coefficient (Wildman–Crippen LogP) is 2.48. The Labute approximate surface area is 170 Å². The molecule has 0 radical (unpaired) electrons. The Kier molecular flexibility index (Phi) is 6.92. The lowest BCUT2D eigenvalue weighted by molar-refractivity contribution is -0.127. The van der Waals surface area contributed by atoms with E-state index in [0.29, 0.717) is 12.6 Å². The van der Waals surface area contributed by atoms with Crippen molar-refractivity contribution >= 4 is 23.2 Å². The number of fused-ring (bicyclic) bond motifs is 1. The van der Waals surface area contributed by atoms with Crippen LogP contribution in [0.5, 0.6) is 5.75 Å². The largest absolute Gasteiger partial charge is 0.493 e. The van der Waals surface area contributed by atoms with Crippen LogP contribution in [-0.2, 0) is 11.2 Å². The zero-order valence-electron chi connectivity index (χ0n) is 16.6. The highest BCUT2D eigenvalue weighted by atomic mass is 32.1. The van der Waals surface area contributed by atoms with Gasteiger partial charge in [0, 0.05) is 43.0 Å². The summed E-state index contributed by atoms with van der Waals surface area (Å²) in [5.41, 5.74) is 1.21. The number of benzene rings is 1. The van der Waals surface area contributed by atoms with Crippen LogP contribution in [0.1, 0.15) is 23.3 Å². The molecule has 7 heteroatoms. The average Bonchev–Trinajstić information content (AvgIpc) is 3.35. The molecule has 2 atom stereocenters. The molecule has 1 aliphatic rings. The fraction of sp³-hybridized carbons (Fsp3) is 0.429. The molecule has 0 aliphatic carbocycles. The molecule has 1 aromatic heterocycles. The van der Waals surface area contributed by atoms with Gasteiger partial charge >= 0.3 is 0 Å². The maximum absolute atomic E-state index is 12.0. The lowest BCUT2D eigenvalue weighted by Gasteiger charge is -2.23. The Balaban J connectivity index is 1.63. The molecule has 2 heterocycles. The first-order valence-corrected chi connectivity index (χ1v) is 10.4. The van der Waals surface area contributed by atoms with Crippen LogP contribution in [0.15, 0.2) is 46.8 Å². The summed E-state index contributed by atoms with van der Waals surface area (Å²) in [7, 11) is 3.48. The summed E-state index contributed by atoms with van der Waals surface area (Å²) in [6.07, 6.45) is 0.920. The van der Waals surface area contributed by atoms with Crippen molar-refractivity contribution < 1.29 is 9.53 Å². The van der Waals surface area contributed by atoms with E-state index in [0.717, 1.165) is 18.7 Å². The normalized spacial score (nSPS) is 16.8. The van der Waals surface area contributed by atoms with E-state index >= 15 is 0 Å². The topological polar surface area (TPSA) is 66.0 Å². The summed E-state index contributed by atoms with van der Waals surface area (Å²) in [5.74, 6) is 1.82. The monoisotopic (exact) mass is 400 g/mol. The van der Waals surface area contributed by atoms with Crippen molar-refractivity contribution in [3.8, 4) is 5.75 Å². The number of aliphatic imine (C=N–C) groups is 1. The number of amides is 1. The summed E-state index contributed by atoms with van der Waals surface area (Å²) in [6.45, 7) is 3.64. The number of carbonyl (C=O) groups excluding carboxylic acids is 1. The fourth-order valence-corrected chi connectivity index (χ4v) is 3.83. The SMILES string of the molecule is CC(NC(=NCC(=O)N(C)C)NCCc1cccs1)C1COc2ccccc21. The molecule has 2 unspecified atom stereocenters. The molecule has 1 aromatic carbocycles. The van der Waals surface area contributed by atoms with Gasteiger partial charge in [-0.05, 0) is 30.9 Å². The second-order valence-corrected chi connectivity index (χ2v) is 8.13. The molecular weight excluding hydrogens is 372 g/mol. The molecule has 2 aromatic rings. The molecule has 0 bridgehead atoms. The van der Waals surface area contributed by atoms with Gasteiger partial charge < -0.3 is 20.3 Å². The van der Waals surface area contributed by atoms with Gasteiger partial charge in [0.25, 0.3) is 0 Å². The molecule has 6 nitrogen and oxygen atoms in total. The highest BCUT2D eigenvalue weighted by molar-refractivity contribution is 7.09. The van der Waals surface area contributed by atoms with Gasteiger partial charge in [-0.1, -0.05) is 24.3 Å². The van der Waals surface area contributed by atoms with Crippen molar-refractivity contribution in [2.24, 2.45) is 4.99 Å². The first-order valence-electron chi connectivity index (χ1n) is 9.53. The number of ether oxygens (including phenoxy) is 1. The van der Waals surface area contributed by atoms with Gasteiger partial charge in [-0.25, -0.2) is 4.99 Å². The lowest BCUT2D eigenvalue weighted by Crippen LogP contribution is -2.46. The quantitative estimate of drug-likeness (QED) is 0.554. The maximum atomic E-state index is 12.0. The number of nitrogens with zero attached hydrogens (tertiary/aromatic N) is 2. The first-order chi connectivity index (χ1) is 13.5. The zero-order valence-corrected chi connectivity index (χ0v) is 17.5. The van der Waals surface area contributed by atoms with Crippen molar-refractivity contribution in [3.63, 3.8) is 0 Å². The molecule has 1 amide bonds. The number of guanidine groups is 1. The molecule has 0 spiro atoms. The summed E-state index contributed by atoms with van der Waals surface area (Å²) in [6, 6.07) is 12.5. The van der Waals surface area contributed by atoms with Crippen LogP contribution in [0.2, 0.25) is 0 Å². The minimum Gasteiger partial charge on any atom is -0.493 e. The number of likely N-dealkylation sites (N-methyl/N-ethyl adjacent to an activating group) is 1. The van der Waals surface area contributed by atoms with Gasteiger partial charge in [0.2, 0.25) is 5.91 Å². The maximum Gasteiger partial charge on any atom is 0.243 e. The third-order valence-corrected chi connectivity index (χ3v) is 5.76. The van der Waals surface area contributed by atoms with Gasteiger partial charge in [0.15, 0.2) is 5.96 Å². The smallest absolute Gasteiger partial charge is 0.243 e. The molecule has 3 rings (SSSR count). The minimum absolute atomic E-state index is 0.0263. The van der Waals surface area contributed by atoms with Gasteiger partial charge in [-0.2, -0.15) is 0 Å². The Morgan fingerprint density at radius 2 is 2.14 bits per heavy atom. The number of thiophene rings is 1. The molecule has 1 aliphatic heterocycles. The molecule has 28 heavy (non-hydrogen) atoms. The minimum atomic E-state index is -0.0263. The number of nitrogens with one attached hydrogen (secondary N) is 2. The summed E-state index contributed by atoms with van der Waals surface area (Å²) < 4.78 is 5.81. The Morgan fingerprint density at radius 3 is 2.89 bits per heavy atom. The molecule has 2 N–H and O–H groups in total. The number of hydrogen-bond donors (Lipinski definition) is 2. The van der Waals surface area contributed by atoms with Crippen LogP contribution in [-0.4, -0.2) is 56.6 Å². The van der Waals surface area contributed by atoms with Gasteiger partial charge in [-0.3, -0.25) is 4.79 Å². The molecular formula is C21H28N4O2S. The van der Waals surface area contributed by atoms with Crippen molar-refractivity contribution in [2.75, 3.05) is 33.8 Å². The predicted molar refractivity (Wildman–Crippen MR) is 114 cm³/mol. The number of para-hydroxylation sites is 1. The van der Waals surface area contributed by atoms with E-state index in [1.807, 2.05) is 18.2 Å². The molecule has 0 saturated carbocycles. The van der Waals surface area contributed by atoms with E-state index in [1.165, 1.54) is 10.4 Å². The molecule has 0 saturated heterocycles. The van der Waals surface area contributed by atoms with E-state index in [9.17, 15) is 4.79 Å². The van der Waals surface area contributed by atoms with Crippen LogP contribution in [0.4, 0.5) is 0 Å². The van der Waals surface area contributed by atoms with Crippen molar-refractivity contribution in [2.45, 2.75) is 25.3 Å². The van der Waals surface area contributed by atoms with Gasteiger partial charge in [0.1, 0.15) is 12.3 Å². The average molecular weight is 401 g/mol. The Morgan fingerprint density at radius 1 is 1.32 bits per heavy atom. The van der Waals surface area contributed by atoms with Crippen LogP contribution in [0, 0.1) is 0 Å². The lowest BCUT2D eigenvalue weighted by atomic mass is 9.94. The standard InChI is InChI=1S/C21H28N4O2S/c1-15(18-14-27-19-9-5-4-8-17(18)19)24-21(23-13-20(26)25(2)3)22-11-10-16-7-6-12-28-16/h4-9,12,15,18H,10-11,13-14H2,1-3H3,(H2,22,23,24). The number of rotatable bonds is 7. The zero-order chi connectivity index (χ0) is 19.9. The van der Waals surface area contributed by atoms with E-state index in [4.69, 9.17) is 4.74 Å². The highest BCUT2D eigenvalue weighted by Crippen LogP contribution is 2.35. The van der Waals surface area contributed by atoms with E-state index < -0.39 is 0 Å². The second kappa shape index (κ2) is 9.59. The highest BCUT2D eigenvalue weighted by Gasteiger charge is 2.29. The van der Waals surface area contributed by atoms with Crippen molar-refractivity contribution in [1.82, 2.24) is 15.5 Å². The summed E-state index contributed by atoms with van der Waals surface area (Å²) >= 11 is 1.75. The van der Waals surface area contributed by atoms with Crippen molar-refractivity contribution in [3.05, 3.63) is 52.2 Å². The van der Waals surface area contributed by atoms with Crippen LogP contribution in [0.3, 0.4) is 0 Å². The molecule has 0 fully saturated rings. The van der Waals surface area contributed by atoms with Crippen molar-refractivity contribution in [1.29, 1.82) is 0 Å². The van der Waals surface area contributed by atoms with E-state index in [2.05, 4.69) is 46.1 Å². The first kappa shape index (κ1) is 20.2. The van der Waals surface area contributed by atoms with E-state index in [1.54, 1.807) is 30.3 Å².